The normalized spacial score (nSPS) is 13.4. The number of nitriles is 1. The van der Waals surface area contributed by atoms with E-state index in [0.29, 0.717) is 17.9 Å². The SMILES string of the molecule is CC(C)(C)NC(=O)COc1ccc(-c2c(C#N)c(N)nc3c2CNCC3)cc1. The second-order valence-corrected chi connectivity index (χ2v) is 7.82. The number of pyridine rings is 1. The molecular weight excluding hydrogens is 354 g/mol. The summed E-state index contributed by atoms with van der Waals surface area (Å²) in [4.78, 5) is 16.3. The van der Waals surface area contributed by atoms with Crippen LogP contribution in [0.1, 0.15) is 37.6 Å². The van der Waals surface area contributed by atoms with Crippen molar-refractivity contribution < 1.29 is 9.53 Å². The van der Waals surface area contributed by atoms with Gasteiger partial charge in [-0.2, -0.15) is 5.26 Å². The third-order valence-electron chi connectivity index (χ3n) is 4.39. The van der Waals surface area contributed by atoms with Gasteiger partial charge in [-0.15, -0.1) is 0 Å². The first-order valence-electron chi connectivity index (χ1n) is 9.25. The van der Waals surface area contributed by atoms with E-state index in [1.807, 2.05) is 32.9 Å². The van der Waals surface area contributed by atoms with Gasteiger partial charge in [0.05, 0.1) is 0 Å². The molecule has 0 saturated carbocycles. The molecule has 2 heterocycles. The number of carbonyl (C=O) groups is 1. The molecule has 0 fully saturated rings. The second kappa shape index (κ2) is 7.87. The number of amides is 1. The summed E-state index contributed by atoms with van der Waals surface area (Å²) in [6, 6.07) is 9.53. The van der Waals surface area contributed by atoms with Crippen LogP contribution >= 0.6 is 0 Å². The number of hydrogen-bond acceptors (Lipinski definition) is 6. The number of ether oxygens (including phenoxy) is 1. The minimum atomic E-state index is -0.299. The van der Waals surface area contributed by atoms with Crippen molar-refractivity contribution in [2.75, 3.05) is 18.9 Å². The van der Waals surface area contributed by atoms with Crippen molar-refractivity contribution in [2.45, 2.75) is 39.3 Å². The number of hydrogen-bond donors (Lipinski definition) is 3. The van der Waals surface area contributed by atoms with Crippen molar-refractivity contribution in [3.05, 3.63) is 41.1 Å². The Morgan fingerprint density at radius 2 is 2.07 bits per heavy atom. The van der Waals surface area contributed by atoms with Gasteiger partial charge in [-0.1, -0.05) is 12.1 Å². The molecular formula is C21H25N5O2. The molecule has 7 nitrogen and oxygen atoms in total. The summed E-state index contributed by atoms with van der Waals surface area (Å²) in [5, 5.41) is 15.8. The molecule has 0 saturated heterocycles. The Bertz CT molecular complexity index is 924. The average Bonchev–Trinajstić information content (AvgIpc) is 2.64. The van der Waals surface area contributed by atoms with Crippen LogP contribution in [0, 0.1) is 11.3 Å². The van der Waals surface area contributed by atoms with Crippen LogP contribution in [-0.2, 0) is 17.8 Å². The maximum absolute atomic E-state index is 11.9. The number of fused-ring (bicyclic) bond motifs is 1. The third kappa shape index (κ3) is 4.41. The van der Waals surface area contributed by atoms with E-state index in [0.717, 1.165) is 35.3 Å². The number of aromatic nitrogens is 1. The molecule has 1 amide bonds. The molecule has 1 aliphatic heterocycles. The Morgan fingerprint density at radius 3 is 2.71 bits per heavy atom. The zero-order valence-corrected chi connectivity index (χ0v) is 16.4. The van der Waals surface area contributed by atoms with Crippen LogP contribution in [0.2, 0.25) is 0 Å². The van der Waals surface area contributed by atoms with E-state index in [1.54, 1.807) is 12.1 Å². The average molecular weight is 379 g/mol. The summed E-state index contributed by atoms with van der Waals surface area (Å²) in [6.45, 7) is 7.20. The molecule has 4 N–H and O–H groups in total. The van der Waals surface area contributed by atoms with E-state index in [4.69, 9.17) is 10.5 Å². The van der Waals surface area contributed by atoms with Gasteiger partial charge < -0.3 is 21.1 Å². The van der Waals surface area contributed by atoms with E-state index < -0.39 is 0 Å². The molecule has 1 aliphatic rings. The number of nitrogens with two attached hydrogens (primary N) is 1. The number of anilines is 1. The lowest BCUT2D eigenvalue weighted by atomic mass is 9.91. The van der Waals surface area contributed by atoms with E-state index >= 15 is 0 Å². The zero-order valence-electron chi connectivity index (χ0n) is 16.4. The number of rotatable bonds is 4. The van der Waals surface area contributed by atoms with Crippen molar-refractivity contribution in [2.24, 2.45) is 0 Å². The van der Waals surface area contributed by atoms with Gasteiger partial charge in [-0.05, 0) is 44.0 Å². The van der Waals surface area contributed by atoms with Gasteiger partial charge in [0.25, 0.3) is 5.91 Å². The fourth-order valence-corrected chi connectivity index (χ4v) is 3.26. The Kier molecular flexibility index (Phi) is 5.52. The molecule has 146 valence electrons. The molecule has 1 aromatic heterocycles. The number of nitrogen functional groups attached to an aromatic ring is 1. The first-order valence-corrected chi connectivity index (χ1v) is 9.25. The van der Waals surface area contributed by atoms with Gasteiger partial charge in [0.1, 0.15) is 23.2 Å². The Balaban J connectivity index is 1.83. The fourth-order valence-electron chi connectivity index (χ4n) is 3.26. The van der Waals surface area contributed by atoms with Crippen LogP contribution in [0.5, 0.6) is 5.75 Å². The first-order chi connectivity index (χ1) is 13.3. The van der Waals surface area contributed by atoms with Crippen molar-refractivity contribution in [1.82, 2.24) is 15.6 Å². The van der Waals surface area contributed by atoms with Crippen LogP contribution in [0.4, 0.5) is 5.82 Å². The summed E-state index contributed by atoms with van der Waals surface area (Å²) in [6.07, 6.45) is 0.780. The van der Waals surface area contributed by atoms with E-state index in [2.05, 4.69) is 21.7 Å². The molecule has 0 radical (unpaired) electrons. The van der Waals surface area contributed by atoms with E-state index in [1.165, 1.54) is 0 Å². The quantitative estimate of drug-likeness (QED) is 0.750. The molecule has 0 atom stereocenters. The largest absolute Gasteiger partial charge is 0.484 e. The molecule has 1 aromatic carbocycles. The smallest absolute Gasteiger partial charge is 0.258 e. The number of nitrogens with zero attached hydrogens (tertiary/aromatic N) is 2. The monoisotopic (exact) mass is 379 g/mol. The number of nitrogens with one attached hydrogen (secondary N) is 2. The van der Waals surface area contributed by atoms with Crippen molar-refractivity contribution in [3.63, 3.8) is 0 Å². The zero-order chi connectivity index (χ0) is 20.3. The highest BCUT2D eigenvalue weighted by Crippen LogP contribution is 2.34. The van der Waals surface area contributed by atoms with Crippen LogP contribution in [0.15, 0.2) is 24.3 Å². The van der Waals surface area contributed by atoms with E-state index in [-0.39, 0.29) is 23.9 Å². The number of carbonyl (C=O) groups excluding carboxylic acids is 1. The molecule has 28 heavy (non-hydrogen) atoms. The topological polar surface area (TPSA) is 113 Å². The van der Waals surface area contributed by atoms with Crippen LogP contribution in [-0.4, -0.2) is 29.6 Å². The predicted octanol–water partition coefficient (Wildman–Crippen LogP) is 2.14. The first kappa shape index (κ1) is 19.6. The minimum absolute atomic E-state index is 0.0540. The van der Waals surface area contributed by atoms with Crippen LogP contribution in [0.25, 0.3) is 11.1 Å². The fraction of sp³-hybridized carbons (Fsp3) is 0.381. The molecule has 3 rings (SSSR count). The lowest BCUT2D eigenvalue weighted by Crippen LogP contribution is -2.43. The summed E-state index contributed by atoms with van der Waals surface area (Å²) < 4.78 is 5.57. The summed E-state index contributed by atoms with van der Waals surface area (Å²) in [7, 11) is 0. The van der Waals surface area contributed by atoms with Gasteiger partial charge in [-0.25, -0.2) is 4.98 Å². The molecule has 0 bridgehead atoms. The Labute approximate surface area is 164 Å². The molecule has 0 spiro atoms. The predicted molar refractivity (Wildman–Crippen MR) is 108 cm³/mol. The van der Waals surface area contributed by atoms with E-state index in [9.17, 15) is 10.1 Å². The highest BCUT2D eigenvalue weighted by molar-refractivity contribution is 5.80. The molecule has 2 aromatic rings. The van der Waals surface area contributed by atoms with Gasteiger partial charge in [0.2, 0.25) is 0 Å². The summed E-state index contributed by atoms with van der Waals surface area (Å²) in [5.74, 6) is 0.670. The lowest BCUT2D eigenvalue weighted by Gasteiger charge is -2.22. The standard InChI is InChI=1S/C21H25N5O2/c1-21(2,3)26-18(27)12-28-14-6-4-13(5-7-14)19-15(10-22)20(23)25-17-8-9-24-11-16(17)19/h4-7,24H,8-9,11-12H2,1-3H3,(H2,23,25)(H,26,27). The van der Waals surface area contributed by atoms with Crippen molar-refractivity contribution in [1.29, 1.82) is 5.26 Å². The Morgan fingerprint density at radius 1 is 1.36 bits per heavy atom. The minimum Gasteiger partial charge on any atom is -0.484 e. The highest BCUT2D eigenvalue weighted by atomic mass is 16.5. The van der Waals surface area contributed by atoms with Crippen LogP contribution < -0.4 is 21.1 Å². The summed E-state index contributed by atoms with van der Waals surface area (Å²) in [5.41, 5.74) is 9.75. The maximum atomic E-state index is 11.9. The second-order valence-electron chi connectivity index (χ2n) is 7.82. The van der Waals surface area contributed by atoms with Crippen LogP contribution in [0.3, 0.4) is 0 Å². The van der Waals surface area contributed by atoms with Gasteiger partial charge in [0, 0.05) is 36.3 Å². The molecule has 0 aliphatic carbocycles. The lowest BCUT2D eigenvalue weighted by molar-refractivity contribution is -0.124. The maximum Gasteiger partial charge on any atom is 0.258 e. The third-order valence-corrected chi connectivity index (χ3v) is 4.39. The van der Waals surface area contributed by atoms with Gasteiger partial charge >= 0.3 is 0 Å². The number of benzene rings is 1. The van der Waals surface area contributed by atoms with Crippen molar-refractivity contribution in [3.8, 4) is 22.9 Å². The highest BCUT2D eigenvalue weighted by Gasteiger charge is 2.22. The van der Waals surface area contributed by atoms with Crippen molar-refractivity contribution >= 4 is 11.7 Å². The summed E-state index contributed by atoms with van der Waals surface area (Å²) >= 11 is 0. The molecule has 0 unspecified atom stereocenters. The molecule has 7 heteroatoms. The Hall–Kier alpha value is -3.11. The van der Waals surface area contributed by atoms with Gasteiger partial charge in [-0.3, -0.25) is 4.79 Å². The van der Waals surface area contributed by atoms with Gasteiger partial charge in [0.15, 0.2) is 6.61 Å².